The van der Waals surface area contributed by atoms with E-state index >= 15 is 0 Å². The van der Waals surface area contributed by atoms with Crippen molar-refractivity contribution in [2.75, 3.05) is 6.54 Å². The SMILES string of the molecule is C[C@@H]1CC(=O)c2c(OC(=O)CN3C(=O)[C@H]4CC=CC[C@@H]4C3=O)ccc(F)c21. The van der Waals surface area contributed by atoms with E-state index in [9.17, 15) is 23.6 Å². The van der Waals surface area contributed by atoms with E-state index in [2.05, 4.69) is 0 Å². The maximum atomic E-state index is 14.0. The number of allylic oxidation sites excluding steroid dienone is 2. The number of benzene rings is 1. The monoisotopic (exact) mass is 371 g/mol. The zero-order valence-corrected chi connectivity index (χ0v) is 14.7. The Balaban J connectivity index is 1.52. The number of hydrogen-bond donors (Lipinski definition) is 0. The molecular weight excluding hydrogens is 353 g/mol. The first-order valence-corrected chi connectivity index (χ1v) is 8.95. The van der Waals surface area contributed by atoms with Gasteiger partial charge in [0.25, 0.3) is 0 Å². The van der Waals surface area contributed by atoms with Gasteiger partial charge in [-0.3, -0.25) is 19.3 Å². The molecule has 4 rings (SSSR count). The number of amides is 2. The summed E-state index contributed by atoms with van der Waals surface area (Å²) in [7, 11) is 0. The van der Waals surface area contributed by atoms with Crippen LogP contribution in [0.1, 0.15) is 48.0 Å². The minimum Gasteiger partial charge on any atom is -0.424 e. The summed E-state index contributed by atoms with van der Waals surface area (Å²) in [4.78, 5) is 50.3. The normalized spacial score (nSPS) is 26.4. The van der Waals surface area contributed by atoms with E-state index in [0.29, 0.717) is 12.8 Å². The van der Waals surface area contributed by atoms with Crippen molar-refractivity contribution in [2.45, 2.75) is 32.1 Å². The largest absolute Gasteiger partial charge is 0.424 e. The van der Waals surface area contributed by atoms with Crippen LogP contribution in [0.15, 0.2) is 24.3 Å². The minimum absolute atomic E-state index is 0.0241. The van der Waals surface area contributed by atoms with Crippen molar-refractivity contribution in [3.05, 3.63) is 41.2 Å². The third-order valence-corrected chi connectivity index (χ3v) is 5.53. The first-order valence-electron chi connectivity index (χ1n) is 8.95. The average molecular weight is 371 g/mol. The van der Waals surface area contributed by atoms with Gasteiger partial charge in [0.05, 0.1) is 17.4 Å². The number of esters is 1. The maximum Gasteiger partial charge on any atom is 0.331 e. The lowest BCUT2D eigenvalue weighted by Gasteiger charge is -2.15. The van der Waals surface area contributed by atoms with Crippen molar-refractivity contribution in [3.8, 4) is 5.75 Å². The van der Waals surface area contributed by atoms with Crippen LogP contribution in [0.5, 0.6) is 5.75 Å². The summed E-state index contributed by atoms with van der Waals surface area (Å²) in [5.41, 5.74) is 0.323. The number of ether oxygens (including phenoxy) is 1. The van der Waals surface area contributed by atoms with Gasteiger partial charge in [-0.25, -0.2) is 9.18 Å². The molecule has 0 unspecified atom stereocenters. The number of nitrogens with zero attached hydrogens (tertiary/aromatic N) is 1. The van der Waals surface area contributed by atoms with Gasteiger partial charge in [-0.1, -0.05) is 19.1 Å². The molecule has 0 aromatic heterocycles. The molecule has 6 nitrogen and oxygen atoms in total. The van der Waals surface area contributed by atoms with Crippen molar-refractivity contribution in [1.82, 2.24) is 4.90 Å². The second kappa shape index (κ2) is 6.40. The van der Waals surface area contributed by atoms with Gasteiger partial charge in [0, 0.05) is 12.0 Å². The molecule has 1 heterocycles. The highest BCUT2D eigenvalue weighted by molar-refractivity contribution is 6.08. The third kappa shape index (κ3) is 2.78. The second-order valence-corrected chi connectivity index (χ2v) is 7.26. The van der Waals surface area contributed by atoms with Crippen molar-refractivity contribution >= 4 is 23.6 Å². The Hall–Kier alpha value is -2.83. The summed E-state index contributed by atoms with van der Waals surface area (Å²) < 4.78 is 19.3. The maximum absolute atomic E-state index is 14.0. The molecule has 0 bridgehead atoms. The predicted molar refractivity (Wildman–Crippen MR) is 91.5 cm³/mol. The summed E-state index contributed by atoms with van der Waals surface area (Å²) >= 11 is 0. The van der Waals surface area contributed by atoms with Gasteiger partial charge in [0.15, 0.2) is 5.78 Å². The van der Waals surface area contributed by atoms with Crippen LogP contribution in [-0.2, 0) is 14.4 Å². The van der Waals surface area contributed by atoms with Crippen molar-refractivity contribution in [1.29, 1.82) is 0 Å². The number of carbonyl (C=O) groups excluding carboxylic acids is 4. The number of hydrogen-bond acceptors (Lipinski definition) is 5. The van der Waals surface area contributed by atoms with Gasteiger partial charge in [-0.05, 0) is 30.9 Å². The lowest BCUT2D eigenvalue weighted by Crippen LogP contribution is -2.37. The van der Waals surface area contributed by atoms with Crippen molar-refractivity contribution in [3.63, 3.8) is 0 Å². The standard InChI is InChI=1S/C20H18FNO5/c1-10-8-14(23)18-15(7-6-13(21)17(10)18)27-16(24)9-22-19(25)11-4-2-3-5-12(11)20(22)26/h2-3,6-7,10-12H,4-5,8-9H2,1H3/t10-,11+,12+/m1/s1. The highest BCUT2D eigenvalue weighted by atomic mass is 19.1. The summed E-state index contributed by atoms with van der Waals surface area (Å²) in [6, 6.07) is 2.39. The Morgan fingerprint density at radius 3 is 2.41 bits per heavy atom. The molecular formula is C20H18FNO5. The number of fused-ring (bicyclic) bond motifs is 2. The molecule has 7 heteroatoms. The molecule has 2 aliphatic carbocycles. The fourth-order valence-corrected chi connectivity index (χ4v) is 4.22. The lowest BCUT2D eigenvalue weighted by molar-refractivity contribution is -0.148. The zero-order valence-electron chi connectivity index (χ0n) is 14.7. The fourth-order valence-electron chi connectivity index (χ4n) is 4.22. The van der Waals surface area contributed by atoms with Crippen LogP contribution in [0.3, 0.4) is 0 Å². The van der Waals surface area contributed by atoms with E-state index in [1.165, 1.54) is 6.07 Å². The van der Waals surface area contributed by atoms with Gasteiger partial charge in [0.1, 0.15) is 18.1 Å². The van der Waals surface area contributed by atoms with Gasteiger partial charge in [-0.2, -0.15) is 0 Å². The Kier molecular flexibility index (Phi) is 4.17. The van der Waals surface area contributed by atoms with Crippen LogP contribution in [0.2, 0.25) is 0 Å². The zero-order chi connectivity index (χ0) is 19.3. The van der Waals surface area contributed by atoms with E-state index in [1.54, 1.807) is 6.92 Å². The molecule has 3 atom stereocenters. The summed E-state index contributed by atoms with van der Waals surface area (Å²) in [5.74, 6) is -3.53. The Labute approximate surface area is 155 Å². The van der Waals surface area contributed by atoms with Gasteiger partial charge in [0.2, 0.25) is 11.8 Å². The summed E-state index contributed by atoms with van der Waals surface area (Å²) in [6.45, 7) is 1.22. The first-order chi connectivity index (χ1) is 12.9. The van der Waals surface area contributed by atoms with Crippen LogP contribution < -0.4 is 4.74 Å². The second-order valence-electron chi connectivity index (χ2n) is 7.26. The lowest BCUT2D eigenvalue weighted by atomic mass is 9.85. The van der Waals surface area contributed by atoms with Crippen LogP contribution in [-0.4, -0.2) is 35.0 Å². The van der Waals surface area contributed by atoms with Crippen LogP contribution in [0, 0.1) is 17.7 Å². The predicted octanol–water partition coefficient (Wildman–Crippen LogP) is 2.37. The summed E-state index contributed by atoms with van der Waals surface area (Å²) in [6.07, 6.45) is 4.85. The average Bonchev–Trinajstić information content (AvgIpc) is 3.07. The topological polar surface area (TPSA) is 80.8 Å². The first kappa shape index (κ1) is 17.6. The molecule has 1 aromatic rings. The van der Waals surface area contributed by atoms with Gasteiger partial charge < -0.3 is 4.74 Å². The molecule has 1 fully saturated rings. The van der Waals surface area contributed by atoms with Crippen molar-refractivity contribution < 1.29 is 28.3 Å². The molecule has 0 N–H and O–H groups in total. The molecule has 27 heavy (non-hydrogen) atoms. The molecule has 140 valence electrons. The molecule has 1 saturated heterocycles. The Bertz CT molecular complexity index is 880. The highest BCUT2D eigenvalue weighted by Gasteiger charge is 2.48. The summed E-state index contributed by atoms with van der Waals surface area (Å²) in [5, 5.41) is 0. The van der Waals surface area contributed by atoms with E-state index in [0.717, 1.165) is 11.0 Å². The molecule has 2 amide bonds. The molecule has 0 saturated carbocycles. The van der Waals surface area contributed by atoms with E-state index in [4.69, 9.17) is 4.74 Å². The quantitative estimate of drug-likeness (QED) is 0.353. The number of ketones is 1. The van der Waals surface area contributed by atoms with Crippen LogP contribution in [0.4, 0.5) is 4.39 Å². The minimum atomic E-state index is -0.829. The number of Topliss-reactive ketones (excluding diaryl/α,β-unsaturated/α-hetero) is 1. The van der Waals surface area contributed by atoms with Crippen molar-refractivity contribution in [2.24, 2.45) is 11.8 Å². The smallest absolute Gasteiger partial charge is 0.331 e. The highest BCUT2D eigenvalue weighted by Crippen LogP contribution is 2.40. The molecule has 0 spiro atoms. The number of carbonyl (C=O) groups is 4. The van der Waals surface area contributed by atoms with Gasteiger partial charge >= 0.3 is 5.97 Å². The number of imide groups is 1. The van der Waals surface area contributed by atoms with Crippen LogP contribution in [0.25, 0.3) is 0 Å². The Morgan fingerprint density at radius 2 is 1.78 bits per heavy atom. The number of rotatable bonds is 3. The van der Waals surface area contributed by atoms with E-state index in [-0.39, 0.29) is 46.8 Å². The molecule has 1 aliphatic heterocycles. The Morgan fingerprint density at radius 1 is 1.15 bits per heavy atom. The number of halogens is 1. The molecule has 1 aromatic carbocycles. The van der Waals surface area contributed by atoms with E-state index < -0.39 is 30.2 Å². The molecule has 0 radical (unpaired) electrons. The van der Waals surface area contributed by atoms with Gasteiger partial charge in [-0.15, -0.1) is 0 Å². The van der Waals surface area contributed by atoms with Crippen LogP contribution >= 0.6 is 0 Å². The fraction of sp³-hybridized carbons (Fsp3) is 0.400. The van der Waals surface area contributed by atoms with E-state index in [1.807, 2.05) is 12.2 Å². The molecule has 3 aliphatic rings. The third-order valence-electron chi connectivity index (χ3n) is 5.53. The number of likely N-dealkylation sites (tertiary alicyclic amines) is 1.